The number of thioether (sulfide) groups is 1. The number of carbonyl (C=O) groups is 1. The fourth-order valence-electron chi connectivity index (χ4n) is 1.17. The van der Waals surface area contributed by atoms with Crippen LogP contribution in [-0.2, 0) is 10.7 Å². The van der Waals surface area contributed by atoms with Crippen LogP contribution in [0.2, 0.25) is 5.02 Å². The van der Waals surface area contributed by atoms with Crippen molar-refractivity contribution in [1.29, 1.82) is 0 Å². The van der Waals surface area contributed by atoms with E-state index in [1.807, 2.05) is 12.1 Å². The summed E-state index contributed by atoms with van der Waals surface area (Å²) >= 11 is 13.0. The van der Waals surface area contributed by atoms with Gasteiger partial charge in [-0.1, -0.05) is 35.2 Å². The summed E-state index contributed by atoms with van der Waals surface area (Å²) in [5.74, 6) is 7.16. The normalized spacial score (nSPS) is 9.59. The topological polar surface area (TPSA) is 17.1 Å². The van der Waals surface area contributed by atoms with Gasteiger partial charge in [0.2, 0.25) is 0 Å². The van der Waals surface area contributed by atoms with Crippen molar-refractivity contribution >= 4 is 40.1 Å². The minimum atomic E-state index is 0.128. The number of halogens is 2. The number of rotatable bonds is 3. The molecule has 1 nitrogen and oxygen atoms in total. The maximum absolute atomic E-state index is 10.7. The van der Waals surface area contributed by atoms with Crippen LogP contribution in [0, 0.1) is 11.8 Å². The molecule has 1 rings (SSSR count). The van der Waals surface area contributed by atoms with Crippen molar-refractivity contribution in [2.45, 2.75) is 19.2 Å². The summed E-state index contributed by atoms with van der Waals surface area (Å²) in [4.78, 5) is 10.7. The molecule has 90 valence electrons. The molecule has 0 fully saturated rings. The van der Waals surface area contributed by atoms with Gasteiger partial charge in [-0.2, -0.15) is 0 Å². The first-order chi connectivity index (χ1) is 8.13. The molecule has 0 saturated carbocycles. The smallest absolute Gasteiger partial charge is 0.185 e. The van der Waals surface area contributed by atoms with Gasteiger partial charge in [0.25, 0.3) is 0 Å². The number of hydrogen-bond acceptors (Lipinski definition) is 2. The Bertz CT molecular complexity index is 460. The van der Waals surface area contributed by atoms with Crippen molar-refractivity contribution in [3.8, 4) is 11.8 Å². The first kappa shape index (κ1) is 14.4. The molecule has 0 aliphatic heterocycles. The van der Waals surface area contributed by atoms with Gasteiger partial charge in [0.1, 0.15) is 0 Å². The van der Waals surface area contributed by atoms with E-state index in [0.717, 1.165) is 16.9 Å². The van der Waals surface area contributed by atoms with Crippen molar-refractivity contribution in [3.05, 3.63) is 34.3 Å². The Morgan fingerprint density at radius 3 is 2.88 bits per heavy atom. The fraction of sp³-hybridized carbons (Fsp3) is 0.308. The van der Waals surface area contributed by atoms with Crippen LogP contribution in [0.15, 0.2) is 18.2 Å². The van der Waals surface area contributed by atoms with Crippen LogP contribution in [0.3, 0.4) is 0 Å². The van der Waals surface area contributed by atoms with Gasteiger partial charge in [0.15, 0.2) is 5.12 Å². The second kappa shape index (κ2) is 7.66. The second-order valence-corrected chi connectivity index (χ2v) is 5.28. The lowest BCUT2D eigenvalue weighted by molar-refractivity contribution is -0.109. The molecule has 17 heavy (non-hydrogen) atoms. The molecule has 0 heterocycles. The maximum Gasteiger partial charge on any atom is 0.185 e. The fourth-order valence-corrected chi connectivity index (χ4v) is 2.13. The van der Waals surface area contributed by atoms with E-state index in [4.69, 9.17) is 23.2 Å². The summed E-state index contributed by atoms with van der Waals surface area (Å²) in [6, 6.07) is 5.55. The van der Waals surface area contributed by atoms with Gasteiger partial charge in [-0.05, 0) is 23.8 Å². The summed E-state index contributed by atoms with van der Waals surface area (Å²) in [5, 5.41) is 0.792. The van der Waals surface area contributed by atoms with Crippen LogP contribution in [0.25, 0.3) is 0 Å². The largest absolute Gasteiger partial charge is 0.288 e. The average molecular weight is 287 g/mol. The van der Waals surface area contributed by atoms with E-state index in [0.29, 0.717) is 17.3 Å². The quantitative estimate of drug-likeness (QED) is 0.473. The summed E-state index contributed by atoms with van der Waals surface area (Å²) in [7, 11) is 0. The van der Waals surface area contributed by atoms with Crippen LogP contribution in [0.1, 0.15) is 24.5 Å². The Labute approximate surface area is 116 Å². The van der Waals surface area contributed by atoms with Gasteiger partial charge in [-0.25, -0.2) is 0 Å². The molecular formula is C13H12Cl2OS. The molecule has 0 bridgehead atoms. The zero-order valence-electron chi connectivity index (χ0n) is 9.43. The molecule has 0 amide bonds. The molecule has 0 radical (unpaired) electrons. The van der Waals surface area contributed by atoms with Crippen LogP contribution in [0.4, 0.5) is 0 Å². The minimum absolute atomic E-state index is 0.128. The van der Waals surface area contributed by atoms with Gasteiger partial charge in [-0.15, -0.1) is 11.6 Å². The average Bonchev–Trinajstić information content (AvgIpc) is 2.30. The van der Waals surface area contributed by atoms with E-state index in [1.54, 1.807) is 13.0 Å². The van der Waals surface area contributed by atoms with Crippen LogP contribution < -0.4 is 0 Å². The van der Waals surface area contributed by atoms with Gasteiger partial charge < -0.3 is 0 Å². The predicted octanol–water partition coefficient (Wildman–Crippen LogP) is 4.10. The van der Waals surface area contributed by atoms with Gasteiger partial charge in [0.05, 0.1) is 0 Å². The lowest BCUT2D eigenvalue weighted by Gasteiger charge is -1.99. The van der Waals surface area contributed by atoms with Crippen LogP contribution >= 0.6 is 35.0 Å². The van der Waals surface area contributed by atoms with E-state index >= 15 is 0 Å². The maximum atomic E-state index is 10.7. The molecule has 0 unspecified atom stereocenters. The van der Waals surface area contributed by atoms with E-state index in [2.05, 4.69) is 11.8 Å². The highest BCUT2D eigenvalue weighted by atomic mass is 35.5. The predicted molar refractivity (Wildman–Crippen MR) is 75.6 cm³/mol. The third-order valence-corrected chi connectivity index (χ3v) is 3.43. The standard InChI is InChI=1S/C13H12Cl2OS/c1-10(16)17-7-3-2-4-11-5-6-13(15)12(8-11)9-14/h5-6,8H,3,7,9H2,1H3. The molecule has 0 atom stereocenters. The number of alkyl halides is 1. The van der Waals surface area contributed by atoms with Gasteiger partial charge in [-0.3, -0.25) is 4.79 Å². The summed E-state index contributed by atoms with van der Waals surface area (Å²) < 4.78 is 0. The monoisotopic (exact) mass is 286 g/mol. The molecule has 0 N–H and O–H groups in total. The molecule has 0 aliphatic carbocycles. The first-order valence-corrected chi connectivity index (χ1v) is 7.00. The van der Waals surface area contributed by atoms with Crippen LogP contribution in [-0.4, -0.2) is 10.9 Å². The molecule has 0 aliphatic rings. The Kier molecular flexibility index (Phi) is 6.50. The van der Waals surface area contributed by atoms with Gasteiger partial charge >= 0.3 is 0 Å². The molecule has 0 spiro atoms. The molecule has 4 heteroatoms. The Balaban J connectivity index is 2.57. The SMILES string of the molecule is CC(=O)SCCC#Cc1ccc(Cl)c(CCl)c1. The Morgan fingerprint density at radius 1 is 1.47 bits per heavy atom. The lowest BCUT2D eigenvalue weighted by Crippen LogP contribution is -1.85. The van der Waals surface area contributed by atoms with Crippen molar-refractivity contribution in [2.75, 3.05) is 5.75 Å². The zero-order chi connectivity index (χ0) is 12.7. The molecule has 0 saturated heterocycles. The van der Waals surface area contributed by atoms with E-state index in [9.17, 15) is 4.79 Å². The second-order valence-electron chi connectivity index (χ2n) is 3.33. The van der Waals surface area contributed by atoms with Crippen molar-refractivity contribution in [2.24, 2.45) is 0 Å². The van der Waals surface area contributed by atoms with E-state index in [1.165, 1.54) is 11.8 Å². The third kappa shape index (κ3) is 5.50. The molecule has 1 aromatic carbocycles. The Hall–Kier alpha value is -0.620. The number of carbonyl (C=O) groups excluding carboxylic acids is 1. The molecule has 1 aromatic rings. The highest BCUT2D eigenvalue weighted by Gasteiger charge is 1.98. The third-order valence-electron chi connectivity index (χ3n) is 1.95. The molecule has 0 aromatic heterocycles. The lowest BCUT2D eigenvalue weighted by atomic mass is 10.1. The van der Waals surface area contributed by atoms with E-state index in [-0.39, 0.29) is 5.12 Å². The van der Waals surface area contributed by atoms with E-state index < -0.39 is 0 Å². The Morgan fingerprint density at radius 2 is 2.24 bits per heavy atom. The first-order valence-electron chi connectivity index (χ1n) is 5.10. The van der Waals surface area contributed by atoms with Crippen molar-refractivity contribution < 1.29 is 4.79 Å². The highest BCUT2D eigenvalue weighted by Crippen LogP contribution is 2.18. The summed E-state index contributed by atoms with van der Waals surface area (Å²) in [6.07, 6.45) is 0.698. The summed E-state index contributed by atoms with van der Waals surface area (Å²) in [5.41, 5.74) is 1.79. The summed E-state index contributed by atoms with van der Waals surface area (Å²) in [6.45, 7) is 1.56. The number of hydrogen-bond donors (Lipinski definition) is 0. The highest BCUT2D eigenvalue weighted by molar-refractivity contribution is 8.13. The number of benzene rings is 1. The minimum Gasteiger partial charge on any atom is -0.288 e. The molecular weight excluding hydrogens is 275 g/mol. The van der Waals surface area contributed by atoms with Crippen LogP contribution in [0.5, 0.6) is 0 Å². The van der Waals surface area contributed by atoms with Gasteiger partial charge in [0, 0.05) is 35.6 Å². The zero-order valence-corrected chi connectivity index (χ0v) is 11.8. The van der Waals surface area contributed by atoms with Crippen molar-refractivity contribution in [3.63, 3.8) is 0 Å². The van der Waals surface area contributed by atoms with Crippen molar-refractivity contribution in [1.82, 2.24) is 0 Å².